The van der Waals surface area contributed by atoms with E-state index in [9.17, 15) is 8.42 Å². The van der Waals surface area contributed by atoms with Crippen LogP contribution in [-0.2, 0) is 10.0 Å². The Kier molecular flexibility index (Phi) is 8.42. The summed E-state index contributed by atoms with van der Waals surface area (Å²) in [6.45, 7) is 5.27. The van der Waals surface area contributed by atoms with Crippen molar-refractivity contribution in [1.29, 1.82) is 0 Å². The summed E-state index contributed by atoms with van der Waals surface area (Å²) in [5, 5.41) is 0. The largest absolute Gasteiger partial charge is 0.244 e. The van der Waals surface area contributed by atoms with Crippen molar-refractivity contribution in [2.75, 3.05) is 13.1 Å². The fraction of sp³-hybridized carbons (Fsp3) is 0.571. The maximum Gasteiger partial charge on any atom is 0.244 e. The van der Waals surface area contributed by atoms with Crippen molar-refractivity contribution in [3.8, 4) is 0 Å². The zero-order chi connectivity index (χ0) is 16.0. The molecule has 1 aromatic rings. The predicted octanol–water partition coefficient (Wildman–Crippen LogP) is 5.57. The molecule has 1 rings (SSSR count). The molecule has 0 unspecified atom stereocenters. The summed E-state index contributed by atoms with van der Waals surface area (Å²) in [6, 6.07) is 3.39. The second-order valence-electron chi connectivity index (χ2n) is 4.78. The molecule has 0 aliphatic rings. The van der Waals surface area contributed by atoms with Gasteiger partial charge in [0, 0.05) is 22.0 Å². The van der Waals surface area contributed by atoms with Crippen LogP contribution in [0.25, 0.3) is 0 Å². The summed E-state index contributed by atoms with van der Waals surface area (Å²) < 4.78 is 29.5. The van der Waals surface area contributed by atoms with Crippen molar-refractivity contribution in [1.82, 2.24) is 4.31 Å². The van der Waals surface area contributed by atoms with E-state index in [0.29, 0.717) is 22.5 Å². The summed E-state index contributed by atoms with van der Waals surface area (Å²) in [4.78, 5) is 0.310. The van der Waals surface area contributed by atoms with Gasteiger partial charge in [-0.2, -0.15) is 4.31 Å². The third-order valence-electron chi connectivity index (χ3n) is 3.14. The smallest absolute Gasteiger partial charge is 0.207 e. The highest BCUT2D eigenvalue weighted by molar-refractivity contribution is 9.14. The van der Waals surface area contributed by atoms with Gasteiger partial charge in [0.05, 0.1) is 9.37 Å². The van der Waals surface area contributed by atoms with Crippen molar-refractivity contribution in [3.63, 3.8) is 0 Å². The zero-order valence-corrected chi connectivity index (χ0v) is 17.8. The minimum Gasteiger partial charge on any atom is -0.207 e. The first-order valence-electron chi connectivity index (χ1n) is 6.99. The van der Waals surface area contributed by atoms with Crippen molar-refractivity contribution in [2.45, 2.75) is 44.4 Å². The quantitative estimate of drug-likeness (QED) is 0.433. The number of sulfonamides is 1. The number of nitrogens with zero attached hydrogens (tertiary/aromatic N) is 1. The molecule has 0 saturated carbocycles. The fourth-order valence-electron chi connectivity index (χ4n) is 1.87. The molecule has 0 aliphatic carbocycles. The molecule has 0 aliphatic heterocycles. The van der Waals surface area contributed by atoms with Crippen LogP contribution >= 0.6 is 47.8 Å². The molecular weight excluding hydrogens is 486 g/mol. The van der Waals surface area contributed by atoms with E-state index in [1.807, 2.05) is 0 Å². The van der Waals surface area contributed by atoms with Gasteiger partial charge in [0.15, 0.2) is 0 Å². The van der Waals surface area contributed by atoms with Gasteiger partial charge in [-0.15, -0.1) is 0 Å². The molecule has 0 aromatic heterocycles. The minimum atomic E-state index is -3.48. The number of rotatable bonds is 8. The number of hydrogen-bond donors (Lipinski definition) is 0. The molecule has 1 aromatic carbocycles. The van der Waals surface area contributed by atoms with E-state index in [4.69, 9.17) is 0 Å². The van der Waals surface area contributed by atoms with Crippen molar-refractivity contribution >= 4 is 57.8 Å². The Labute approximate surface area is 152 Å². The number of unbranched alkanes of at least 4 members (excludes halogenated alkanes) is 2. The van der Waals surface area contributed by atoms with Crippen LogP contribution in [0.3, 0.4) is 0 Å². The first kappa shape index (κ1) is 19.6. The number of hydrogen-bond acceptors (Lipinski definition) is 2. The van der Waals surface area contributed by atoms with Crippen LogP contribution in [0.15, 0.2) is 30.4 Å². The van der Waals surface area contributed by atoms with E-state index >= 15 is 0 Å². The summed E-state index contributed by atoms with van der Waals surface area (Å²) in [5.74, 6) is 0. The molecule has 0 heterocycles. The Hall–Kier alpha value is 0.570. The van der Waals surface area contributed by atoms with Crippen molar-refractivity contribution in [2.24, 2.45) is 0 Å². The Bertz CT molecular complexity index is 568. The SMILES string of the molecule is CCCCN(CCCC)S(=O)(=O)c1ccc(Br)c(Br)c1Br. The van der Waals surface area contributed by atoms with E-state index in [-0.39, 0.29) is 0 Å². The maximum atomic E-state index is 12.9. The van der Waals surface area contributed by atoms with Crippen molar-refractivity contribution in [3.05, 3.63) is 25.6 Å². The van der Waals surface area contributed by atoms with Gasteiger partial charge in [0.2, 0.25) is 10.0 Å². The van der Waals surface area contributed by atoms with Gasteiger partial charge in [0.1, 0.15) is 0 Å². The summed E-state index contributed by atoms with van der Waals surface area (Å²) in [7, 11) is -3.48. The average molecular weight is 506 g/mol. The van der Waals surface area contributed by atoms with Gasteiger partial charge in [-0.1, -0.05) is 26.7 Å². The summed E-state index contributed by atoms with van der Waals surface area (Å²) >= 11 is 10.2. The van der Waals surface area contributed by atoms with E-state index in [1.165, 1.54) is 0 Å². The molecule has 21 heavy (non-hydrogen) atoms. The normalized spacial score (nSPS) is 12.1. The van der Waals surface area contributed by atoms with E-state index in [0.717, 1.165) is 34.6 Å². The number of halogens is 3. The molecule has 0 spiro atoms. The minimum absolute atomic E-state index is 0.310. The molecule has 0 amide bonds. The lowest BCUT2D eigenvalue weighted by Gasteiger charge is -2.23. The molecule has 0 fully saturated rings. The first-order valence-corrected chi connectivity index (χ1v) is 10.8. The lowest BCUT2D eigenvalue weighted by Crippen LogP contribution is -2.33. The molecule has 7 heteroatoms. The molecular formula is C14H20Br3NO2S. The topological polar surface area (TPSA) is 37.4 Å². The highest BCUT2D eigenvalue weighted by Crippen LogP contribution is 2.36. The van der Waals surface area contributed by atoms with Crippen LogP contribution < -0.4 is 0 Å². The van der Waals surface area contributed by atoms with Crippen LogP contribution in [0.5, 0.6) is 0 Å². The molecule has 3 nitrogen and oxygen atoms in total. The van der Waals surface area contributed by atoms with Crippen LogP contribution in [0.4, 0.5) is 0 Å². The third kappa shape index (κ3) is 5.03. The Morgan fingerprint density at radius 1 is 0.952 bits per heavy atom. The lowest BCUT2D eigenvalue weighted by atomic mass is 10.3. The van der Waals surface area contributed by atoms with E-state index in [1.54, 1.807) is 16.4 Å². The van der Waals surface area contributed by atoms with Crippen LogP contribution in [0.2, 0.25) is 0 Å². The van der Waals surface area contributed by atoms with Crippen molar-refractivity contribution < 1.29 is 8.42 Å². The van der Waals surface area contributed by atoms with Gasteiger partial charge in [-0.05, 0) is 72.8 Å². The third-order valence-corrected chi connectivity index (χ3v) is 8.72. The molecule has 120 valence electrons. The zero-order valence-electron chi connectivity index (χ0n) is 12.2. The van der Waals surface area contributed by atoms with E-state index in [2.05, 4.69) is 61.6 Å². The standard InChI is InChI=1S/C14H20Br3NO2S/c1-3-5-9-18(10-6-4-2)21(19,20)12-8-7-11(15)13(16)14(12)17/h7-8H,3-6,9-10H2,1-2H3. The second-order valence-corrected chi connectivity index (χ2v) is 9.13. The second kappa shape index (κ2) is 9.01. The Balaban J connectivity index is 3.18. The highest BCUT2D eigenvalue weighted by Gasteiger charge is 2.27. The maximum absolute atomic E-state index is 12.9. The van der Waals surface area contributed by atoms with Crippen LogP contribution in [0.1, 0.15) is 39.5 Å². The average Bonchev–Trinajstić information content (AvgIpc) is 2.44. The summed E-state index contributed by atoms with van der Waals surface area (Å²) in [6.07, 6.45) is 3.70. The fourth-order valence-corrected chi connectivity index (χ4v) is 5.49. The van der Waals surface area contributed by atoms with Gasteiger partial charge < -0.3 is 0 Å². The predicted molar refractivity (Wildman–Crippen MR) is 98.1 cm³/mol. The highest BCUT2D eigenvalue weighted by atomic mass is 79.9. The monoisotopic (exact) mass is 503 g/mol. The van der Waals surface area contributed by atoms with Gasteiger partial charge >= 0.3 is 0 Å². The van der Waals surface area contributed by atoms with Gasteiger partial charge in [-0.3, -0.25) is 0 Å². The molecule has 0 atom stereocenters. The summed E-state index contributed by atoms with van der Waals surface area (Å²) in [5.41, 5.74) is 0. The Morgan fingerprint density at radius 2 is 1.48 bits per heavy atom. The van der Waals surface area contributed by atoms with Gasteiger partial charge in [-0.25, -0.2) is 8.42 Å². The van der Waals surface area contributed by atoms with Gasteiger partial charge in [0.25, 0.3) is 0 Å². The van der Waals surface area contributed by atoms with Crippen LogP contribution in [-0.4, -0.2) is 25.8 Å². The Morgan fingerprint density at radius 3 is 1.95 bits per heavy atom. The van der Waals surface area contributed by atoms with E-state index < -0.39 is 10.0 Å². The molecule has 0 bridgehead atoms. The molecule has 0 N–H and O–H groups in total. The molecule has 0 radical (unpaired) electrons. The molecule has 0 saturated heterocycles. The first-order chi connectivity index (χ1) is 9.86. The lowest BCUT2D eigenvalue weighted by molar-refractivity contribution is 0.395. The van der Waals surface area contributed by atoms with Crippen LogP contribution in [0, 0.1) is 0 Å². The number of benzene rings is 1.